The van der Waals surface area contributed by atoms with Crippen molar-refractivity contribution < 1.29 is 23.9 Å². The molecule has 168 valence electrons. The summed E-state index contributed by atoms with van der Waals surface area (Å²) in [6.45, 7) is 6.10. The number of nitrogens with zero attached hydrogens (tertiary/aromatic N) is 1. The van der Waals surface area contributed by atoms with Crippen molar-refractivity contribution in [3.63, 3.8) is 0 Å². The fraction of sp³-hybridized carbons (Fsp3) is 0.565. The second kappa shape index (κ2) is 8.98. The zero-order valence-electron chi connectivity index (χ0n) is 18.3. The lowest BCUT2D eigenvalue weighted by molar-refractivity contribution is -0.260. The van der Waals surface area contributed by atoms with E-state index in [1.165, 1.54) is 0 Å². The molecule has 1 N–H and O–H groups in total. The first-order chi connectivity index (χ1) is 14.8. The van der Waals surface area contributed by atoms with E-state index in [-0.39, 0.29) is 23.6 Å². The van der Waals surface area contributed by atoms with Gasteiger partial charge in [0, 0.05) is 11.8 Å². The average Bonchev–Trinajstić information content (AvgIpc) is 2.76. The largest absolute Gasteiger partial charge is 0.488 e. The van der Waals surface area contributed by atoms with Crippen LogP contribution in [0.3, 0.4) is 0 Å². The van der Waals surface area contributed by atoms with Crippen molar-refractivity contribution in [3.05, 3.63) is 40.8 Å². The predicted octanol–water partition coefficient (Wildman–Crippen LogP) is 3.64. The summed E-state index contributed by atoms with van der Waals surface area (Å²) in [5, 5.41) is 1.36. The summed E-state index contributed by atoms with van der Waals surface area (Å²) in [5.41, 5.74) is 1.79. The molecule has 0 bridgehead atoms. The number of ether oxygens (including phenoxy) is 2. The normalized spacial score (nSPS) is 24.7. The lowest BCUT2D eigenvalue weighted by atomic mass is 9.87. The van der Waals surface area contributed by atoms with Crippen LogP contribution in [0.25, 0.3) is 10.8 Å². The summed E-state index contributed by atoms with van der Waals surface area (Å²) >= 11 is 0. The number of fused-ring (bicyclic) bond motifs is 1. The third kappa shape index (κ3) is 5.08. The first kappa shape index (κ1) is 21.8. The molecule has 2 aromatic rings. The molecule has 1 saturated carbocycles. The summed E-state index contributed by atoms with van der Waals surface area (Å²) in [4.78, 5) is 35.8. The van der Waals surface area contributed by atoms with Crippen LogP contribution >= 0.6 is 0 Å². The molecule has 8 nitrogen and oxygen atoms in total. The van der Waals surface area contributed by atoms with Gasteiger partial charge in [0.1, 0.15) is 11.4 Å². The molecule has 31 heavy (non-hydrogen) atoms. The number of pyridine rings is 1. The highest BCUT2D eigenvalue weighted by Crippen LogP contribution is 2.32. The van der Waals surface area contributed by atoms with Crippen molar-refractivity contribution in [2.75, 3.05) is 6.61 Å². The smallest absolute Gasteiger partial charge is 0.309 e. The van der Waals surface area contributed by atoms with Crippen molar-refractivity contribution in [2.45, 2.75) is 70.8 Å². The average molecular weight is 431 g/mol. The Morgan fingerprint density at radius 3 is 2.45 bits per heavy atom. The van der Waals surface area contributed by atoms with E-state index >= 15 is 0 Å². The predicted molar refractivity (Wildman–Crippen MR) is 114 cm³/mol. The summed E-state index contributed by atoms with van der Waals surface area (Å²) in [7, 11) is 0. The SMILES string of the molecule is CC(C)(C)OC(=O)C1CCC(Oc2cn(C3CCONO3)c(=O)c3ccccc23)CC1. The van der Waals surface area contributed by atoms with E-state index < -0.39 is 11.8 Å². The lowest BCUT2D eigenvalue weighted by Gasteiger charge is -2.31. The van der Waals surface area contributed by atoms with Gasteiger partial charge in [0.05, 0.1) is 30.2 Å². The number of benzene rings is 1. The second-order valence-electron chi connectivity index (χ2n) is 9.17. The molecule has 0 spiro atoms. The van der Waals surface area contributed by atoms with E-state index in [0.717, 1.165) is 31.1 Å². The summed E-state index contributed by atoms with van der Waals surface area (Å²) < 4.78 is 13.5. The number of carbonyl (C=O) groups is 1. The van der Waals surface area contributed by atoms with Gasteiger partial charge in [-0.3, -0.25) is 23.8 Å². The van der Waals surface area contributed by atoms with Gasteiger partial charge < -0.3 is 9.47 Å². The van der Waals surface area contributed by atoms with Crippen LogP contribution < -0.4 is 15.9 Å². The Hall–Kier alpha value is -2.42. The van der Waals surface area contributed by atoms with Gasteiger partial charge in [-0.2, -0.15) is 0 Å². The van der Waals surface area contributed by atoms with Gasteiger partial charge in [0.15, 0.2) is 6.23 Å². The Morgan fingerprint density at radius 1 is 1.10 bits per heavy atom. The third-order valence-electron chi connectivity index (χ3n) is 5.64. The Bertz CT molecular complexity index is 982. The molecule has 1 aromatic heterocycles. The van der Waals surface area contributed by atoms with Crippen LogP contribution in [0.2, 0.25) is 0 Å². The highest BCUT2D eigenvalue weighted by molar-refractivity contribution is 5.87. The van der Waals surface area contributed by atoms with Gasteiger partial charge in [-0.05, 0) is 52.5 Å². The fourth-order valence-electron chi connectivity index (χ4n) is 4.11. The topological polar surface area (TPSA) is 88.0 Å². The van der Waals surface area contributed by atoms with Crippen molar-refractivity contribution in [2.24, 2.45) is 5.92 Å². The van der Waals surface area contributed by atoms with E-state index in [1.54, 1.807) is 16.8 Å². The molecule has 0 amide bonds. The maximum absolute atomic E-state index is 13.0. The Balaban J connectivity index is 1.52. The molecule has 1 unspecified atom stereocenters. The first-order valence-electron chi connectivity index (χ1n) is 10.9. The van der Waals surface area contributed by atoms with E-state index in [9.17, 15) is 9.59 Å². The minimum atomic E-state index is -0.476. The van der Waals surface area contributed by atoms with Crippen molar-refractivity contribution in [1.29, 1.82) is 0 Å². The molecule has 2 heterocycles. The molecular weight excluding hydrogens is 400 g/mol. The van der Waals surface area contributed by atoms with E-state index in [4.69, 9.17) is 19.1 Å². The Kier molecular flexibility index (Phi) is 6.31. The zero-order chi connectivity index (χ0) is 22.0. The third-order valence-corrected chi connectivity index (χ3v) is 5.64. The van der Waals surface area contributed by atoms with E-state index in [0.29, 0.717) is 24.2 Å². The van der Waals surface area contributed by atoms with Crippen LogP contribution in [0.5, 0.6) is 5.75 Å². The molecule has 0 radical (unpaired) electrons. The van der Waals surface area contributed by atoms with Crippen LogP contribution in [0.4, 0.5) is 0 Å². The molecule has 1 aliphatic heterocycles. The van der Waals surface area contributed by atoms with Gasteiger partial charge in [0.2, 0.25) is 0 Å². The first-order valence-corrected chi connectivity index (χ1v) is 10.9. The lowest BCUT2D eigenvalue weighted by Crippen LogP contribution is -2.36. The molecule has 1 aliphatic carbocycles. The van der Waals surface area contributed by atoms with Crippen LogP contribution in [-0.2, 0) is 19.2 Å². The molecule has 8 heteroatoms. The number of esters is 1. The highest BCUT2D eigenvalue weighted by Gasteiger charge is 2.31. The summed E-state index contributed by atoms with van der Waals surface area (Å²) in [6, 6.07) is 7.43. The molecule has 2 fully saturated rings. The number of aromatic nitrogens is 1. The van der Waals surface area contributed by atoms with Gasteiger partial charge in [-0.15, -0.1) is 0 Å². The number of nitrogens with one attached hydrogen (secondary N) is 1. The number of rotatable bonds is 4. The van der Waals surface area contributed by atoms with Gasteiger partial charge in [-0.1, -0.05) is 23.8 Å². The molecular formula is C23H30N2O6. The fourth-order valence-corrected chi connectivity index (χ4v) is 4.11. The maximum Gasteiger partial charge on any atom is 0.309 e. The maximum atomic E-state index is 13.0. The summed E-state index contributed by atoms with van der Waals surface area (Å²) in [6.07, 6.45) is 4.74. The van der Waals surface area contributed by atoms with Crippen molar-refractivity contribution in [3.8, 4) is 5.75 Å². The molecule has 1 atom stereocenters. The van der Waals surface area contributed by atoms with Crippen LogP contribution in [0.1, 0.15) is 59.1 Å². The van der Waals surface area contributed by atoms with Gasteiger partial charge in [-0.25, -0.2) is 0 Å². The molecule has 4 rings (SSSR count). The minimum Gasteiger partial charge on any atom is -0.488 e. The Morgan fingerprint density at radius 2 is 1.81 bits per heavy atom. The van der Waals surface area contributed by atoms with Crippen LogP contribution in [-0.4, -0.2) is 28.8 Å². The molecule has 1 aromatic carbocycles. The highest BCUT2D eigenvalue weighted by atomic mass is 16.9. The van der Waals surface area contributed by atoms with Gasteiger partial charge >= 0.3 is 5.97 Å². The number of hydrogen-bond donors (Lipinski definition) is 1. The zero-order valence-corrected chi connectivity index (χ0v) is 18.3. The quantitative estimate of drug-likeness (QED) is 0.741. The minimum absolute atomic E-state index is 0.0261. The monoisotopic (exact) mass is 430 g/mol. The summed E-state index contributed by atoms with van der Waals surface area (Å²) in [5.74, 6) is 0.423. The molecule has 2 aliphatic rings. The number of carbonyl (C=O) groups excluding carboxylic acids is 1. The van der Waals surface area contributed by atoms with E-state index in [2.05, 4.69) is 5.64 Å². The number of hydrogen-bond acceptors (Lipinski definition) is 7. The second-order valence-corrected chi connectivity index (χ2v) is 9.17. The van der Waals surface area contributed by atoms with Crippen LogP contribution in [0, 0.1) is 5.92 Å². The van der Waals surface area contributed by atoms with Crippen molar-refractivity contribution in [1.82, 2.24) is 10.2 Å². The Labute approximate surface area is 181 Å². The van der Waals surface area contributed by atoms with Crippen LogP contribution in [0.15, 0.2) is 35.3 Å². The van der Waals surface area contributed by atoms with E-state index in [1.807, 2.05) is 39.0 Å². The van der Waals surface area contributed by atoms with Gasteiger partial charge in [0.25, 0.3) is 5.56 Å². The van der Waals surface area contributed by atoms with Crippen molar-refractivity contribution >= 4 is 16.7 Å². The molecule has 1 saturated heterocycles. The standard InChI is InChI=1S/C23H30N2O6/c1-23(2,3)30-22(27)15-8-10-16(11-9-15)29-19-14-25(20-12-13-28-24-31-20)21(26)18-7-5-4-6-17(18)19/h4-7,14-16,20,24H,8-13H2,1-3H3.